The topological polar surface area (TPSA) is 48.1 Å². The first-order valence-electron chi connectivity index (χ1n) is 4.42. The highest BCUT2D eigenvalue weighted by atomic mass is 32.1. The third-order valence-electron chi connectivity index (χ3n) is 1.88. The predicted octanol–water partition coefficient (Wildman–Crippen LogP) is 2.26. The molecule has 74 valence electrons. The summed E-state index contributed by atoms with van der Waals surface area (Å²) in [6, 6.07) is 0. The van der Waals surface area contributed by atoms with Gasteiger partial charge in [-0.2, -0.15) is 0 Å². The summed E-state index contributed by atoms with van der Waals surface area (Å²) in [5, 5.41) is 3.26. The van der Waals surface area contributed by atoms with Gasteiger partial charge in [0.05, 0.1) is 17.3 Å². The van der Waals surface area contributed by atoms with E-state index in [1.807, 2.05) is 0 Å². The highest BCUT2D eigenvalue weighted by Crippen LogP contribution is 2.23. The van der Waals surface area contributed by atoms with Gasteiger partial charge < -0.3 is 4.84 Å². The Balaban J connectivity index is 2.67. The third kappa shape index (κ3) is 2.76. The van der Waals surface area contributed by atoms with E-state index in [1.165, 1.54) is 5.01 Å². The zero-order chi connectivity index (χ0) is 9.84. The second-order valence-electron chi connectivity index (χ2n) is 3.50. The lowest BCUT2D eigenvalue weighted by atomic mass is 10.1. The summed E-state index contributed by atoms with van der Waals surface area (Å²) < 4.78 is 0. The van der Waals surface area contributed by atoms with Crippen LogP contribution in [-0.2, 0) is 4.84 Å². The van der Waals surface area contributed by atoms with Crippen LogP contribution in [0.1, 0.15) is 43.3 Å². The molecule has 0 bridgehead atoms. The molecule has 0 aliphatic carbocycles. The first-order chi connectivity index (χ1) is 6.15. The van der Waals surface area contributed by atoms with Crippen LogP contribution in [0, 0.1) is 0 Å². The smallest absolute Gasteiger partial charge is 0.0953 e. The minimum Gasteiger partial charge on any atom is -0.304 e. The molecule has 4 heteroatoms. The Kier molecular flexibility index (Phi) is 3.84. The van der Waals surface area contributed by atoms with E-state index in [0.29, 0.717) is 12.5 Å². The molecule has 0 radical (unpaired) electrons. The van der Waals surface area contributed by atoms with Crippen molar-refractivity contribution in [3.63, 3.8) is 0 Å². The molecule has 1 aromatic heterocycles. The van der Waals surface area contributed by atoms with Crippen molar-refractivity contribution < 1.29 is 4.84 Å². The van der Waals surface area contributed by atoms with Crippen LogP contribution in [-0.4, -0.2) is 11.6 Å². The van der Waals surface area contributed by atoms with Gasteiger partial charge in [0.1, 0.15) is 0 Å². The van der Waals surface area contributed by atoms with Crippen LogP contribution in [0.3, 0.4) is 0 Å². The summed E-state index contributed by atoms with van der Waals surface area (Å²) in [4.78, 5) is 9.10. The molecule has 0 saturated carbocycles. The fraction of sp³-hybridized carbons (Fsp3) is 0.667. The quantitative estimate of drug-likeness (QED) is 0.758. The van der Waals surface area contributed by atoms with E-state index in [1.54, 1.807) is 11.3 Å². The van der Waals surface area contributed by atoms with E-state index < -0.39 is 0 Å². The lowest BCUT2D eigenvalue weighted by Gasteiger charge is -2.05. The molecule has 1 heterocycles. The molecule has 3 nitrogen and oxygen atoms in total. The predicted molar refractivity (Wildman–Crippen MR) is 54.8 cm³/mol. The van der Waals surface area contributed by atoms with Crippen molar-refractivity contribution in [3.05, 3.63) is 16.1 Å². The second-order valence-corrected chi connectivity index (χ2v) is 4.39. The van der Waals surface area contributed by atoms with Crippen LogP contribution in [0.15, 0.2) is 5.38 Å². The zero-order valence-corrected chi connectivity index (χ0v) is 9.10. The number of nitrogens with zero attached hydrogens (tertiary/aromatic N) is 1. The van der Waals surface area contributed by atoms with Crippen molar-refractivity contribution in [1.82, 2.24) is 4.98 Å². The van der Waals surface area contributed by atoms with Gasteiger partial charge in [-0.25, -0.2) is 10.9 Å². The molecular formula is C9H16N2OS. The Morgan fingerprint density at radius 2 is 2.23 bits per heavy atom. The number of hydrogen-bond acceptors (Lipinski definition) is 4. The summed E-state index contributed by atoms with van der Waals surface area (Å²) in [5.74, 6) is 5.80. The van der Waals surface area contributed by atoms with Gasteiger partial charge in [0.15, 0.2) is 0 Å². The third-order valence-corrected chi connectivity index (χ3v) is 3.05. The van der Waals surface area contributed by atoms with Gasteiger partial charge in [0.2, 0.25) is 0 Å². The van der Waals surface area contributed by atoms with Gasteiger partial charge in [-0.3, -0.25) is 0 Å². The van der Waals surface area contributed by atoms with Gasteiger partial charge >= 0.3 is 0 Å². The first kappa shape index (κ1) is 10.6. The van der Waals surface area contributed by atoms with Crippen molar-refractivity contribution in [3.8, 4) is 0 Å². The molecule has 0 saturated heterocycles. The standard InChI is InChI=1S/C9H16N2OS/c1-6(2)9-11-8(5-13-9)7(3)4-12-10/h5-7H,4,10H2,1-3H3. The van der Waals surface area contributed by atoms with Crippen molar-refractivity contribution >= 4 is 11.3 Å². The summed E-state index contributed by atoms with van der Waals surface area (Å²) in [5.41, 5.74) is 1.08. The molecule has 0 aliphatic rings. The first-order valence-corrected chi connectivity index (χ1v) is 5.30. The fourth-order valence-electron chi connectivity index (χ4n) is 1.02. The Morgan fingerprint density at radius 1 is 1.54 bits per heavy atom. The number of nitrogens with two attached hydrogens (primary N) is 1. The van der Waals surface area contributed by atoms with Crippen LogP contribution in [0.2, 0.25) is 0 Å². The monoisotopic (exact) mass is 200 g/mol. The van der Waals surface area contributed by atoms with E-state index >= 15 is 0 Å². The molecule has 1 atom stereocenters. The molecular weight excluding hydrogens is 184 g/mol. The van der Waals surface area contributed by atoms with Gasteiger partial charge in [0.25, 0.3) is 0 Å². The summed E-state index contributed by atoms with van der Waals surface area (Å²) in [6.45, 7) is 6.88. The van der Waals surface area contributed by atoms with Gasteiger partial charge in [-0.15, -0.1) is 11.3 Å². The Bertz CT molecular complexity index is 260. The van der Waals surface area contributed by atoms with Gasteiger partial charge in [-0.1, -0.05) is 20.8 Å². The van der Waals surface area contributed by atoms with E-state index in [9.17, 15) is 0 Å². The summed E-state index contributed by atoms with van der Waals surface area (Å²) in [7, 11) is 0. The zero-order valence-electron chi connectivity index (χ0n) is 8.28. The maximum absolute atomic E-state index is 5.01. The van der Waals surface area contributed by atoms with Crippen LogP contribution < -0.4 is 5.90 Å². The Hall–Kier alpha value is -0.450. The molecule has 0 spiro atoms. The fourth-order valence-corrected chi connectivity index (χ4v) is 1.98. The lowest BCUT2D eigenvalue weighted by Crippen LogP contribution is -2.08. The number of hydrogen-bond donors (Lipinski definition) is 1. The Labute approximate surface area is 82.9 Å². The van der Waals surface area contributed by atoms with E-state index in [-0.39, 0.29) is 5.92 Å². The molecule has 1 rings (SSSR count). The van der Waals surface area contributed by atoms with E-state index in [4.69, 9.17) is 5.90 Å². The van der Waals surface area contributed by atoms with Gasteiger partial charge in [-0.05, 0) is 0 Å². The normalized spacial score (nSPS) is 13.6. The van der Waals surface area contributed by atoms with E-state index in [0.717, 1.165) is 5.69 Å². The molecule has 13 heavy (non-hydrogen) atoms. The van der Waals surface area contributed by atoms with Gasteiger partial charge in [0, 0.05) is 17.2 Å². The van der Waals surface area contributed by atoms with E-state index in [2.05, 4.69) is 36.0 Å². The molecule has 2 N–H and O–H groups in total. The molecule has 0 aliphatic heterocycles. The number of rotatable bonds is 4. The molecule has 1 unspecified atom stereocenters. The Morgan fingerprint density at radius 3 is 2.69 bits per heavy atom. The highest BCUT2D eigenvalue weighted by molar-refractivity contribution is 7.09. The van der Waals surface area contributed by atoms with Crippen LogP contribution in [0.4, 0.5) is 0 Å². The van der Waals surface area contributed by atoms with Crippen molar-refractivity contribution in [2.45, 2.75) is 32.6 Å². The highest BCUT2D eigenvalue weighted by Gasteiger charge is 2.11. The maximum atomic E-state index is 5.01. The maximum Gasteiger partial charge on any atom is 0.0953 e. The molecule has 0 aromatic carbocycles. The van der Waals surface area contributed by atoms with Crippen molar-refractivity contribution in [2.24, 2.45) is 5.90 Å². The molecule has 0 fully saturated rings. The average Bonchev–Trinajstić information content (AvgIpc) is 2.52. The lowest BCUT2D eigenvalue weighted by molar-refractivity contribution is 0.126. The summed E-state index contributed by atoms with van der Waals surface area (Å²) >= 11 is 1.70. The molecule has 1 aromatic rings. The van der Waals surface area contributed by atoms with Crippen LogP contribution in [0.5, 0.6) is 0 Å². The average molecular weight is 200 g/mol. The molecule has 0 amide bonds. The van der Waals surface area contributed by atoms with Crippen molar-refractivity contribution in [2.75, 3.05) is 6.61 Å². The minimum atomic E-state index is 0.286. The number of thiazole rings is 1. The number of aromatic nitrogens is 1. The van der Waals surface area contributed by atoms with Crippen molar-refractivity contribution in [1.29, 1.82) is 0 Å². The second kappa shape index (κ2) is 4.69. The van der Waals surface area contributed by atoms with Crippen LogP contribution >= 0.6 is 11.3 Å². The SMILES string of the molecule is CC(C)c1nc(C(C)CON)cs1. The van der Waals surface area contributed by atoms with Crippen LogP contribution in [0.25, 0.3) is 0 Å². The minimum absolute atomic E-state index is 0.286. The largest absolute Gasteiger partial charge is 0.304 e. The summed E-state index contributed by atoms with van der Waals surface area (Å²) in [6.07, 6.45) is 0.